The maximum atomic E-state index is 3.97. The van der Waals surface area contributed by atoms with Crippen LogP contribution in [0.25, 0.3) is 0 Å². The van der Waals surface area contributed by atoms with Gasteiger partial charge in [0, 0.05) is 55.4 Å². The van der Waals surface area contributed by atoms with Crippen molar-refractivity contribution in [3.63, 3.8) is 0 Å². The summed E-state index contributed by atoms with van der Waals surface area (Å²) in [6.45, 7) is 4.72. The third-order valence-electron chi connectivity index (χ3n) is 2.71. The van der Waals surface area contributed by atoms with Crippen molar-refractivity contribution in [3.8, 4) is 0 Å². The summed E-state index contributed by atoms with van der Waals surface area (Å²) in [5.41, 5.74) is 2.27. The molecule has 0 aliphatic rings. The lowest BCUT2D eigenvalue weighted by Gasteiger charge is -2.12. The van der Waals surface area contributed by atoms with Crippen LogP contribution in [0.1, 0.15) is 24.1 Å². The topological polar surface area (TPSA) is 78.5 Å². The summed E-state index contributed by atoms with van der Waals surface area (Å²) in [6, 6.07) is 0.311. The van der Waals surface area contributed by atoms with E-state index in [1.165, 1.54) is 11.9 Å². The van der Waals surface area contributed by atoms with Gasteiger partial charge in [0.1, 0.15) is 6.33 Å². The van der Waals surface area contributed by atoms with E-state index in [4.69, 9.17) is 0 Å². The number of rotatable bonds is 7. The van der Waals surface area contributed by atoms with Crippen molar-refractivity contribution in [1.29, 1.82) is 0 Å². The van der Waals surface area contributed by atoms with Gasteiger partial charge in [0.05, 0.1) is 6.20 Å². The molecular weight excluding hydrogens is 228 g/mol. The fourth-order valence-electron chi connectivity index (χ4n) is 1.65. The Balaban J connectivity index is 1.59. The van der Waals surface area contributed by atoms with Gasteiger partial charge in [-0.2, -0.15) is 5.10 Å². The molecule has 0 amide bonds. The molecular formula is C12H18N6. The monoisotopic (exact) mass is 246 g/mol. The molecule has 6 nitrogen and oxygen atoms in total. The van der Waals surface area contributed by atoms with Crippen LogP contribution >= 0.6 is 0 Å². The van der Waals surface area contributed by atoms with Gasteiger partial charge in [0.15, 0.2) is 0 Å². The molecule has 2 aromatic rings. The zero-order valence-corrected chi connectivity index (χ0v) is 10.4. The first-order valence-electron chi connectivity index (χ1n) is 6.03. The smallest absolute Gasteiger partial charge is 0.115 e. The molecule has 0 fully saturated rings. The fraction of sp³-hybridized carbons (Fsp3) is 0.417. The quantitative estimate of drug-likeness (QED) is 0.625. The molecule has 2 aromatic heterocycles. The Bertz CT molecular complexity index is 427. The lowest BCUT2D eigenvalue weighted by atomic mass is 10.2. The highest BCUT2D eigenvalue weighted by atomic mass is 15.1. The SMILES string of the molecule is CC(NCCNCc1cncnc1)c1cn[nH]c1. The Hall–Kier alpha value is -1.79. The number of nitrogens with one attached hydrogen (secondary N) is 3. The average molecular weight is 246 g/mol. The minimum atomic E-state index is 0.311. The maximum absolute atomic E-state index is 3.97. The molecule has 0 saturated carbocycles. The van der Waals surface area contributed by atoms with E-state index in [-0.39, 0.29) is 0 Å². The van der Waals surface area contributed by atoms with Crippen LogP contribution < -0.4 is 10.6 Å². The van der Waals surface area contributed by atoms with E-state index < -0.39 is 0 Å². The second kappa shape index (κ2) is 6.83. The first-order valence-corrected chi connectivity index (χ1v) is 6.03. The molecule has 2 rings (SSSR count). The molecule has 0 saturated heterocycles. The fourth-order valence-corrected chi connectivity index (χ4v) is 1.65. The van der Waals surface area contributed by atoms with Crippen molar-refractivity contribution in [2.75, 3.05) is 13.1 Å². The van der Waals surface area contributed by atoms with E-state index in [9.17, 15) is 0 Å². The van der Waals surface area contributed by atoms with Gasteiger partial charge in [0.2, 0.25) is 0 Å². The number of nitrogens with zero attached hydrogens (tertiary/aromatic N) is 3. The molecule has 18 heavy (non-hydrogen) atoms. The standard InChI is InChI=1S/C12H18N6/c1-10(12-7-17-18-8-12)16-3-2-13-4-11-5-14-9-15-6-11/h5-10,13,16H,2-4H2,1H3,(H,17,18). The Kier molecular flexibility index (Phi) is 4.80. The molecule has 0 aromatic carbocycles. The highest BCUT2D eigenvalue weighted by Gasteiger charge is 2.04. The van der Waals surface area contributed by atoms with Crippen molar-refractivity contribution in [3.05, 3.63) is 42.2 Å². The molecule has 2 heterocycles. The molecule has 0 bridgehead atoms. The van der Waals surface area contributed by atoms with Crippen LogP contribution in [0.3, 0.4) is 0 Å². The van der Waals surface area contributed by atoms with Crippen LogP contribution in [-0.2, 0) is 6.54 Å². The van der Waals surface area contributed by atoms with E-state index in [0.717, 1.165) is 25.2 Å². The van der Waals surface area contributed by atoms with E-state index in [1.807, 2.05) is 24.8 Å². The maximum Gasteiger partial charge on any atom is 0.115 e. The third-order valence-corrected chi connectivity index (χ3v) is 2.71. The predicted octanol–water partition coefficient (Wildman–Crippen LogP) is 0.640. The Morgan fingerprint density at radius 3 is 2.78 bits per heavy atom. The van der Waals surface area contributed by atoms with Crippen LogP contribution in [0.5, 0.6) is 0 Å². The van der Waals surface area contributed by atoms with E-state index in [0.29, 0.717) is 6.04 Å². The summed E-state index contributed by atoms with van der Waals surface area (Å²) >= 11 is 0. The lowest BCUT2D eigenvalue weighted by Crippen LogP contribution is -2.28. The van der Waals surface area contributed by atoms with Crippen LogP contribution in [0.15, 0.2) is 31.1 Å². The third kappa shape index (κ3) is 3.90. The van der Waals surface area contributed by atoms with Crippen LogP contribution in [0, 0.1) is 0 Å². The minimum Gasteiger partial charge on any atom is -0.311 e. The van der Waals surface area contributed by atoms with Gasteiger partial charge in [-0.25, -0.2) is 9.97 Å². The number of aromatic amines is 1. The van der Waals surface area contributed by atoms with Gasteiger partial charge in [-0.05, 0) is 6.92 Å². The Labute approximate surface area is 106 Å². The summed E-state index contributed by atoms with van der Waals surface area (Å²) < 4.78 is 0. The second-order valence-electron chi connectivity index (χ2n) is 4.13. The van der Waals surface area contributed by atoms with Crippen molar-refractivity contribution in [1.82, 2.24) is 30.8 Å². The van der Waals surface area contributed by atoms with E-state index in [2.05, 4.69) is 37.7 Å². The van der Waals surface area contributed by atoms with Gasteiger partial charge >= 0.3 is 0 Å². The molecule has 0 aliphatic carbocycles. The van der Waals surface area contributed by atoms with Gasteiger partial charge in [-0.1, -0.05) is 0 Å². The molecule has 1 unspecified atom stereocenters. The van der Waals surface area contributed by atoms with Crippen molar-refractivity contribution >= 4 is 0 Å². The normalized spacial score (nSPS) is 12.5. The summed E-state index contributed by atoms with van der Waals surface area (Å²) in [6.07, 6.45) is 8.93. The van der Waals surface area contributed by atoms with E-state index in [1.54, 1.807) is 0 Å². The summed E-state index contributed by atoms with van der Waals surface area (Å²) in [5.74, 6) is 0. The van der Waals surface area contributed by atoms with Crippen LogP contribution in [0.2, 0.25) is 0 Å². The number of hydrogen-bond donors (Lipinski definition) is 3. The second-order valence-corrected chi connectivity index (χ2v) is 4.13. The van der Waals surface area contributed by atoms with Gasteiger partial charge in [-0.3, -0.25) is 5.10 Å². The molecule has 6 heteroatoms. The summed E-state index contributed by atoms with van der Waals surface area (Å²) in [4.78, 5) is 7.94. The van der Waals surface area contributed by atoms with Crippen molar-refractivity contribution in [2.45, 2.75) is 19.5 Å². The Morgan fingerprint density at radius 1 is 1.22 bits per heavy atom. The largest absolute Gasteiger partial charge is 0.311 e. The number of hydrogen-bond acceptors (Lipinski definition) is 5. The summed E-state index contributed by atoms with van der Waals surface area (Å²) in [7, 11) is 0. The Morgan fingerprint density at radius 2 is 2.06 bits per heavy atom. The van der Waals surface area contributed by atoms with Crippen LogP contribution in [0.4, 0.5) is 0 Å². The average Bonchev–Trinajstić information content (AvgIpc) is 2.93. The molecule has 3 N–H and O–H groups in total. The first kappa shape index (κ1) is 12.7. The predicted molar refractivity (Wildman–Crippen MR) is 68.7 cm³/mol. The van der Waals surface area contributed by atoms with Crippen molar-refractivity contribution < 1.29 is 0 Å². The van der Waals surface area contributed by atoms with Gasteiger partial charge < -0.3 is 10.6 Å². The first-order chi connectivity index (χ1) is 8.86. The molecule has 0 spiro atoms. The number of H-pyrrole nitrogens is 1. The minimum absolute atomic E-state index is 0.311. The molecule has 96 valence electrons. The highest BCUT2D eigenvalue weighted by Crippen LogP contribution is 2.07. The zero-order valence-electron chi connectivity index (χ0n) is 10.4. The van der Waals surface area contributed by atoms with Crippen LogP contribution in [-0.4, -0.2) is 33.3 Å². The number of aromatic nitrogens is 4. The van der Waals surface area contributed by atoms with Gasteiger partial charge in [-0.15, -0.1) is 0 Å². The summed E-state index contributed by atoms with van der Waals surface area (Å²) in [5, 5.41) is 13.5. The highest BCUT2D eigenvalue weighted by molar-refractivity contribution is 5.07. The molecule has 1 atom stereocenters. The van der Waals surface area contributed by atoms with E-state index >= 15 is 0 Å². The lowest BCUT2D eigenvalue weighted by molar-refractivity contribution is 0.545. The molecule has 0 aliphatic heterocycles. The zero-order chi connectivity index (χ0) is 12.6. The molecule has 0 radical (unpaired) electrons. The van der Waals surface area contributed by atoms with Gasteiger partial charge in [0.25, 0.3) is 0 Å². The van der Waals surface area contributed by atoms with Crippen molar-refractivity contribution in [2.24, 2.45) is 0 Å².